The van der Waals surface area contributed by atoms with Gasteiger partial charge in [0.05, 0.1) is 16.8 Å². The molecule has 0 aliphatic heterocycles. The van der Waals surface area contributed by atoms with E-state index in [9.17, 15) is 8.42 Å². The summed E-state index contributed by atoms with van der Waals surface area (Å²) in [6, 6.07) is 1.40. The van der Waals surface area contributed by atoms with Crippen molar-refractivity contribution in [3.8, 4) is 0 Å². The van der Waals surface area contributed by atoms with Crippen molar-refractivity contribution in [1.29, 1.82) is 0 Å². The summed E-state index contributed by atoms with van der Waals surface area (Å²) in [6.07, 6.45) is 4.31. The number of rotatable bonds is 3. The van der Waals surface area contributed by atoms with Crippen LogP contribution in [0.3, 0.4) is 0 Å². The van der Waals surface area contributed by atoms with Gasteiger partial charge in [-0.25, -0.2) is 13.4 Å². The Balaban J connectivity index is 2.37. The molecule has 5 nitrogen and oxygen atoms in total. The summed E-state index contributed by atoms with van der Waals surface area (Å²) in [5.41, 5.74) is 5.74. The molecule has 2 aromatic rings. The monoisotopic (exact) mass is 255 g/mol. The molecule has 0 aromatic carbocycles. The topological polar surface area (TPSA) is 85.9 Å². The number of hydrogen-bond acceptors (Lipinski definition) is 6. The quantitative estimate of drug-likeness (QED) is 0.887. The number of sulfone groups is 1. The Morgan fingerprint density at radius 3 is 2.81 bits per heavy atom. The van der Waals surface area contributed by atoms with E-state index in [4.69, 9.17) is 5.73 Å². The summed E-state index contributed by atoms with van der Waals surface area (Å²) >= 11 is 1.30. The van der Waals surface area contributed by atoms with Crippen LogP contribution < -0.4 is 5.73 Å². The van der Waals surface area contributed by atoms with Gasteiger partial charge in [-0.2, -0.15) is 0 Å². The maximum Gasteiger partial charge on any atom is 0.187 e. The largest absolute Gasteiger partial charge is 0.396 e. The standard InChI is InChI=1S/C9H9N3O2S2/c10-7-5-11-2-1-8(7)16(13,14)6-9-12-3-4-15-9/h1-5H,6,10H2. The van der Waals surface area contributed by atoms with Crippen LogP contribution in [0.15, 0.2) is 34.9 Å². The number of nitrogen functional groups attached to an aromatic ring is 1. The highest BCUT2D eigenvalue weighted by molar-refractivity contribution is 7.91. The summed E-state index contributed by atoms with van der Waals surface area (Å²) in [4.78, 5) is 7.80. The molecule has 0 unspecified atom stereocenters. The fourth-order valence-electron chi connectivity index (χ4n) is 1.24. The predicted octanol–water partition coefficient (Wildman–Crippen LogP) is 1.09. The van der Waals surface area contributed by atoms with Gasteiger partial charge in [0, 0.05) is 17.8 Å². The van der Waals surface area contributed by atoms with Crippen LogP contribution in [0.2, 0.25) is 0 Å². The lowest BCUT2D eigenvalue weighted by atomic mass is 10.4. The SMILES string of the molecule is Nc1cnccc1S(=O)(=O)Cc1nccs1. The van der Waals surface area contributed by atoms with Crippen LogP contribution in [0.5, 0.6) is 0 Å². The molecule has 16 heavy (non-hydrogen) atoms. The molecule has 84 valence electrons. The van der Waals surface area contributed by atoms with E-state index in [0.29, 0.717) is 5.01 Å². The van der Waals surface area contributed by atoms with Crippen LogP contribution in [0.25, 0.3) is 0 Å². The smallest absolute Gasteiger partial charge is 0.187 e. The Labute approximate surface area is 96.9 Å². The van der Waals surface area contributed by atoms with Crippen LogP contribution in [-0.2, 0) is 15.6 Å². The van der Waals surface area contributed by atoms with Gasteiger partial charge in [-0.1, -0.05) is 0 Å². The van der Waals surface area contributed by atoms with Crippen molar-refractivity contribution in [3.05, 3.63) is 35.0 Å². The van der Waals surface area contributed by atoms with E-state index >= 15 is 0 Å². The van der Waals surface area contributed by atoms with Crippen LogP contribution in [0.4, 0.5) is 5.69 Å². The molecule has 0 saturated carbocycles. The number of nitrogens with zero attached hydrogens (tertiary/aromatic N) is 2. The van der Waals surface area contributed by atoms with E-state index in [2.05, 4.69) is 9.97 Å². The molecule has 0 saturated heterocycles. The number of aromatic nitrogens is 2. The zero-order chi connectivity index (χ0) is 11.6. The minimum atomic E-state index is -3.43. The number of anilines is 1. The van der Waals surface area contributed by atoms with Gasteiger partial charge in [-0.05, 0) is 6.07 Å². The number of thiazole rings is 1. The van der Waals surface area contributed by atoms with Crippen LogP contribution in [-0.4, -0.2) is 18.4 Å². The molecule has 0 spiro atoms. The Morgan fingerprint density at radius 2 is 2.19 bits per heavy atom. The van der Waals surface area contributed by atoms with Gasteiger partial charge in [0.25, 0.3) is 0 Å². The molecular weight excluding hydrogens is 246 g/mol. The first-order valence-corrected chi connectivity index (χ1v) is 6.93. The van der Waals surface area contributed by atoms with Gasteiger partial charge in [-0.3, -0.25) is 4.98 Å². The first kappa shape index (κ1) is 11.0. The molecule has 2 aromatic heterocycles. The average Bonchev–Trinajstić information content (AvgIpc) is 2.70. The summed E-state index contributed by atoms with van der Waals surface area (Å²) in [6.45, 7) is 0. The normalized spacial score (nSPS) is 11.5. The van der Waals surface area contributed by atoms with Gasteiger partial charge in [0.2, 0.25) is 0 Å². The van der Waals surface area contributed by atoms with E-state index in [1.165, 1.54) is 29.8 Å². The zero-order valence-electron chi connectivity index (χ0n) is 8.20. The summed E-state index contributed by atoms with van der Waals surface area (Å²) in [5, 5.41) is 2.29. The molecule has 0 atom stereocenters. The summed E-state index contributed by atoms with van der Waals surface area (Å²) < 4.78 is 24.0. The fourth-order valence-corrected chi connectivity index (χ4v) is 3.61. The maximum absolute atomic E-state index is 12.0. The van der Waals surface area contributed by atoms with Crippen molar-refractivity contribution in [2.45, 2.75) is 10.6 Å². The third-order valence-electron chi connectivity index (χ3n) is 1.94. The molecule has 0 amide bonds. The Kier molecular flexibility index (Phi) is 2.88. The number of pyridine rings is 1. The highest BCUT2D eigenvalue weighted by Gasteiger charge is 2.19. The lowest BCUT2D eigenvalue weighted by molar-refractivity contribution is 0.595. The molecule has 0 aliphatic carbocycles. The van der Waals surface area contributed by atoms with Crippen molar-refractivity contribution in [2.24, 2.45) is 0 Å². The molecule has 7 heteroatoms. The minimum Gasteiger partial charge on any atom is -0.396 e. The van der Waals surface area contributed by atoms with E-state index in [1.54, 1.807) is 11.6 Å². The Morgan fingerprint density at radius 1 is 1.38 bits per heavy atom. The zero-order valence-corrected chi connectivity index (χ0v) is 9.83. The summed E-state index contributed by atoms with van der Waals surface area (Å²) in [5.74, 6) is -0.126. The fraction of sp³-hybridized carbons (Fsp3) is 0.111. The molecule has 0 radical (unpaired) electrons. The lowest BCUT2D eigenvalue weighted by Gasteiger charge is -2.04. The van der Waals surface area contributed by atoms with Crippen molar-refractivity contribution in [3.63, 3.8) is 0 Å². The minimum absolute atomic E-state index is 0.109. The van der Waals surface area contributed by atoms with E-state index < -0.39 is 9.84 Å². The Bertz CT molecular complexity index is 579. The second-order valence-corrected chi connectivity index (χ2v) is 6.04. The van der Waals surface area contributed by atoms with E-state index in [-0.39, 0.29) is 16.3 Å². The average molecular weight is 255 g/mol. The van der Waals surface area contributed by atoms with Crippen LogP contribution in [0, 0.1) is 0 Å². The van der Waals surface area contributed by atoms with Gasteiger partial charge in [-0.15, -0.1) is 11.3 Å². The van der Waals surface area contributed by atoms with Gasteiger partial charge in [0.1, 0.15) is 10.8 Å². The highest BCUT2D eigenvalue weighted by Crippen LogP contribution is 2.21. The molecule has 0 aliphatic rings. The van der Waals surface area contributed by atoms with Crippen molar-refractivity contribution < 1.29 is 8.42 Å². The number of nitrogens with two attached hydrogens (primary N) is 1. The van der Waals surface area contributed by atoms with Crippen LogP contribution >= 0.6 is 11.3 Å². The maximum atomic E-state index is 12.0. The van der Waals surface area contributed by atoms with Crippen molar-refractivity contribution in [1.82, 2.24) is 9.97 Å². The Hall–Kier alpha value is -1.47. The molecular formula is C9H9N3O2S2. The van der Waals surface area contributed by atoms with Crippen molar-refractivity contribution in [2.75, 3.05) is 5.73 Å². The first-order valence-electron chi connectivity index (χ1n) is 4.40. The van der Waals surface area contributed by atoms with Crippen molar-refractivity contribution >= 4 is 26.9 Å². The first-order chi connectivity index (χ1) is 7.59. The lowest BCUT2D eigenvalue weighted by Crippen LogP contribution is -2.07. The second-order valence-electron chi connectivity index (χ2n) is 3.10. The van der Waals surface area contributed by atoms with Crippen LogP contribution in [0.1, 0.15) is 5.01 Å². The molecule has 2 heterocycles. The third-order valence-corrected chi connectivity index (χ3v) is 4.60. The molecule has 0 bridgehead atoms. The third kappa shape index (κ3) is 2.20. The highest BCUT2D eigenvalue weighted by atomic mass is 32.2. The van der Waals surface area contributed by atoms with Gasteiger partial charge < -0.3 is 5.73 Å². The van der Waals surface area contributed by atoms with E-state index in [1.807, 2.05) is 0 Å². The second kappa shape index (κ2) is 4.18. The molecule has 0 fully saturated rings. The molecule has 2 N–H and O–H groups in total. The molecule has 2 rings (SSSR count). The summed E-state index contributed by atoms with van der Waals surface area (Å²) in [7, 11) is -3.43. The van der Waals surface area contributed by atoms with Gasteiger partial charge >= 0.3 is 0 Å². The predicted molar refractivity (Wildman–Crippen MR) is 61.7 cm³/mol. The number of hydrogen-bond donors (Lipinski definition) is 1. The van der Waals surface area contributed by atoms with Gasteiger partial charge in [0.15, 0.2) is 9.84 Å². The van der Waals surface area contributed by atoms with E-state index in [0.717, 1.165) is 0 Å².